The average molecular weight is 286 g/mol. The molecular weight excluding hydrogens is 268 g/mol. The van der Waals surface area contributed by atoms with Gasteiger partial charge in [-0.1, -0.05) is 38.1 Å². The lowest BCUT2D eigenvalue weighted by Gasteiger charge is -2.07. The summed E-state index contributed by atoms with van der Waals surface area (Å²) in [6, 6.07) is 8.72. The van der Waals surface area contributed by atoms with Gasteiger partial charge in [0.2, 0.25) is 4.96 Å². The Hall–Kier alpha value is -1.72. The lowest BCUT2D eigenvalue weighted by atomic mass is 10.0. The molecule has 0 saturated heterocycles. The number of rotatable bonds is 4. The van der Waals surface area contributed by atoms with Crippen molar-refractivity contribution in [1.29, 1.82) is 0 Å². The third-order valence-corrected chi connectivity index (χ3v) is 4.27. The number of hydrogen-bond acceptors (Lipinski definition) is 4. The van der Waals surface area contributed by atoms with Crippen LogP contribution in [0.3, 0.4) is 0 Å². The third-order valence-electron chi connectivity index (χ3n) is 3.46. The molecule has 0 spiro atoms. The first-order valence-corrected chi connectivity index (χ1v) is 7.70. The van der Waals surface area contributed by atoms with Crippen LogP contribution in [0.2, 0.25) is 0 Å². The number of nitrogens with two attached hydrogens (primary N) is 1. The van der Waals surface area contributed by atoms with E-state index in [1.54, 1.807) is 11.3 Å². The predicted octanol–water partition coefficient (Wildman–Crippen LogP) is 3.08. The molecule has 3 aromatic rings. The topological polar surface area (TPSA) is 56.2 Å². The zero-order chi connectivity index (χ0) is 14.1. The summed E-state index contributed by atoms with van der Waals surface area (Å²) in [5, 5.41) is 10.6. The van der Waals surface area contributed by atoms with Gasteiger partial charge in [0, 0.05) is 11.8 Å². The first-order valence-electron chi connectivity index (χ1n) is 6.82. The predicted molar refractivity (Wildman–Crippen MR) is 83.1 cm³/mol. The molecule has 2 N–H and O–H groups in total. The Labute approximate surface area is 122 Å². The Balaban J connectivity index is 2.07. The van der Waals surface area contributed by atoms with Crippen molar-refractivity contribution in [3.8, 4) is 11.3 Å². The highest BCUT2D eigenvalue weighted by Gasteiger charge is 2.12. The second-order valence-corrected chi connectivity index (χ2v) is 6.01. The second kappa shape index (κ2) is 5.34. The van der Waals surface area contributed by atoms with Gasteiger partial charge in [-0.25, -0.2) is 0 Å². The van der Waals surface area contributed by atoms with Crippen molar-refractivity contribution < 1.29 is 0 Å². The van der Waals surface area contributed by atoms with Gasteiger partial charge in [-0.05, 0) is 23.6 Å². The van der Waals surface area contributed by atoms with Crippen LogP contribution in [0.4, 0.5) is 0 Å². The molecule has 0 amide bonds. The Morgan fingerprint density at radius 2 is 1.95 bits per heavy atom. The molecule has 0 fully saturated rings. The molecule has 0 aliphatic carbocycles. The van der Waals surface area contributed by atoms with E-state index in [4.69, 9.17) is 5.73 Å². The largest absolute Gasteiger partial charge is 0.330 e. The molecule has 0 atom stereocenters. The minimum atomic E-state index is 0.550. The highest BCUT2D eigenvalue weighted by molar-refractivity contribution is 7.15. The van der Waals surface area contributed by atoms with Crippen LogP contribution in [-0.4, -0.2) is 21.1 Å². The molecule has 5 heteroatoms. The van der Waals surface area contributed by atoms with Crippen LogP contribution in [0.25, 0.3) is 16.2 Å². The normalized spacial score (nSPS) is 11.6. The fraction of sp³-hybridized carbons (Fsp3) is 0.333. The van der Waals surface area contributed by atoms with Crippen LogP contribution < -0.4 is 5.73 Å². The van der Waals surface area contributed by atoms with Gasteiger partial charge in [0.25, 0.3) is 0 Å². The van der Waals surface area contributed by atoms with E-state index in [9.17, 15) is 0 Å². The molecule has 0 radical (unpaired) electrons. The smallest absolute Gasteiger partial charge is 0.216 e. The molecule has 20 heavy (non-hydrogen) atoms. The van der Waals surface area contributed by atoms with Gasteiger partial charge >= 0.3 is 0 Å². The SMILES string of the molecule is CC(C)c1ccc(-c2csc3nnc(CCN)n23)cc1. The van der Waals surface area contributed by atoms with E-state index in [2.05, 4.69) is 58.1 Å². The number of nitrogens with zero attached hydrogens (tertiary/aromatic N) is 3. The summed E-state index contributed by atoms with van der Waals surface area (Å²) < 4.78 is 2.11. The van der Waals surface area contributed by atoms with E-state index in [1.807, 2.05) is 0 Å². The van der Waals surface area contributed by atoms with Crippen molar-refractivity contribution in [2.75, 3.05) is 6.54 Å². The maximum Gasteiger partial charge on any atom is 0.216 e. The summed E-state index contributed by atoms with van der Waals surface area (Å²) in [4.78, 5) is 0.927. The molecule has 2 aromatic heterocycles. The fourth-order valence-corrected chi connectivity index (χ4v) is 3.16. The standard InChI is InChI=1S/C15H18N4S/c1-10(2)11-3-5-12(6-4-11)13-9-20-15-18-17-14(7-8-16)19(13)15/h3-6,9-10H,7-8,16H2,1-2H3. The molecule has 2 heterocycles. The molecule has 3 rings (SSSR count). The molecule has 1 aromatic carbocycles. The van der Waals surface area contributed by atoms with E-state index in [0.29, 0.717) is 12.5 Å². The molecule has 104 valence electrons. The zero-order valence-electron chi connectivity index (χ0n) is 11.7. The van der Waals surface area contributed by atoms with Gasteiger partial charge in [-0.3, -0.25) is 4.40 Å². The maximum absolute atomic E-state index is 5.64. The minimum Gasteiger partial charge on any atom is -0.330 e. The fourth-order valence-electron chi connectivity index (χ4n) is 2.31. The third kappa shape index (κ3) is 2.23. The molecule has 0 aliphatic rings. The van der Waals surface area contributed by atoms with Gasteiger partial charge in [0.15, 0.2) is 0 Å². The number of thiazole rings is 1. The van der Waals surface area contributed by atoms with Gasteiger partial charge < -0.3 is 5.73 Å². The number of aromatic nitrogens is 3. The van der Waals surface area contributed by atoms with Crippen molar-refractivity contribution in [3.63, 3.8) is 0 Å². The monoisotopic (exact) mass is 286 g/mol. The van der Waals surface area contributed by atoms with E-state index in [1.165, 1.54) is 11.1 Å². The molecule has 4 nitrogen and oxygen atoms in total. The Kier molecular flexibility index (Phi) is 3.54. The van der Waals surface area contributed by atoms with Crippen molar-refractivity contribution in [1.82, 2.24) is 14.6 Å². The summed E-state index contributed by atoms with van der Waals surface area (Å²) in [7, 11) is 0. The van der Waals surface area contributed by atoms with Crippen LogP contribution in [-0.2, 0) is 6.42 Å². The average Bonchev–Trinajstić information content (AvgIpc) is 3.02. The lowest BCUT2D eigenvalue weighted by molar-refractivity contribution is 0.851. The highest BCUT2D eigenvalue weighted by atomic mass is 32.1. The number of fused-ring (bicyclic) bond motifs is 1. The van der Waals surface area contributed by atoms with E-state index in [0.717, 1.165) is 22.9 Å². The van der Waals surface area contributed by atoms with Crippen LogP contribution in [0.15, 0.2) is 29.6 Å². The Bertz CT molecular complexity index is 709. The van der Waals surface area contributed by atoms with Gasteiger partial charge in [0.05, 0.1) is 5.69 Å². The van der Waals surface area contributed by atoms with Gasteiger partial charge in [-0.2, -0.15) is 0 Å². The first-order chi connectivity index (χ1) is 9.70. The zero-order valence-corrected chi connectivity index (χ0v) is 12.5. The summed E-state index contributed by atoms with van der Waals surface area (Å²) in [5.41, 5.74) is 9.34. The van der Waals surface area contributed by atoms with Crippen molar-refractivity contribution in [2.45, 2.75) is 26.2 Å². The molecule has 0 unspecified atom stereocenters. The molecular formula is C15H18N4S. The van der Waals surface area contributed by atoms with Crippen molar-refractivity contribution >= 4 is 16.3 Å². The van der Waals surface area contributed by atoms with Gasteiger partial charge in [0.1, 0.15) is 5.82 Å². The van der Waals surface area contributed by atoms with Crippen molar-refractivity contribution in [2.24, 2.45) is 5.73 Å². The van der Waals surface area contributed by atoms with E-state index >= 15 is 0 Å². The molecule has 0 saturated carbocycles. The van der Waals surface area contributed by atoms with E-state index < -0.39 is 0 Å². The Morgan fingerprint density at radius 1 is 1.20 bits per heavy atom. The summed E-state index contributed by atoms with van der Waals surface area (Å²) >= 11 is 1.61. The maximum atomic E-state index is 5.64. The molecule has 0 bridgehead atoms. The summed E-state index contributed by atoms with van der Waals surface area (Å²) in [6.07, 6.45) is 0.745. The Morgan fingerprint density at radius 3 is 2.60 bits per heavy atom. The number of hydrogen-bond donors (Lipinski definition) is 1. The number of benzene rings is 1. The van der Waals surface area contributed by atoms with Crippen molar-refractivity contribution in [3.05, 3.63) is 41.0 Å². The van der Waals surface area contributed by atoms with Crippen LogP contribution in [0, 0.1) is 0 Å². The second-order valence-electron chi connectivity index (χ2n) is 5.17. The van der Waals surface area contributed by atoms with Gasteiger partial charge in [-0.15, -0.1) is 21.5 Å². The quantitative estimate of drug-likeness (QED) is 0.802. The highest BCUT2D eigenvalue weighted by Crippen LogP contribution is 2.27. The lowest BCUT2D eigenvalue weighted by Crippen LogP contribution is -2.06. The van der Waals surface area contributed by atoms with Crippen LogP contribution in [0.5, 0.6) is 0 Å². The van der Waals surface area contributed by atoms with Crippen LogP contribution in [0.1, 0.15) is 31.2 Å². The molecule has 0 aliphatic heterocycles. The summed E-state index contributed by atoms with van der Waals surface area (Å²) in [6.45, 7) is 5.00. The summed E-state index contributed by atoms with van der Waals surface area (Å²) in [5.74, 6) is 1.49. The van der Waals surface area contributed by atoms with Crippen LogP contribution >= 0.6 is 11.3 Å². The van der Waals surface area contributed by atoms with E-state index in [-0.39, 0.29) is 0 Å². The minimum absolute atomic E-state index is 0.550. The first kappa shape index (κ1) is 13.3.